The molecule has 1 amide bonds. The van der Waals surface area contributed by atoms with Crippen LogP contribution in [-0.2, 0) is 17.5 Å². The number of piperidine rings is 1. The molecule has 172 valence electrons. The molecule has 1 aromatic rings. The number of nitrogens with zero attached hydrogens (tertiary/aromatic N) is 2. The largest absolute Gasteiger partial charge is 0.416 e. The van der Waals surface area contributed by atoms with E-state index in [9.17, 15) is 18.0 Å². The van der Waals surface area contributed by atoms with Gasteiger partial charge in [0.15, 0.2) is 5.11 Å². The van der Waals surface area contributed by atoms with Crippen molar-refractivity contribution in [2.75, 3.05) is 19.6 Å². The maximum absolute atomic E-state index is 13.3. The van der Waals surface area contributed by atoms with Crippen molar-refractivity contribution in [1.29, 1.82) is 0 Å². The van der Waals surface area contributed by atoms with Gasteiger partial charge in [-0.15, -0.1) is 0 Å². The van der Waals surface area contributed by atoms with Gasteiger partial charge in [-0.2, -0.15) is 13.2 Å². The maximum atomic E-state index is 13.3. The molecule has 3 rings (SSSR count). The van der Waals surface area contributed by atoms with Crippen LogP contribution in [0.5, 0.6) is 0 Å². The summed E-state index contributed by atoms with van der Waals surface area (Å²) >= 11 is 5.48. The summed E-state index contributed by atoms with van der Waals surface area (Å²) in [6.45, 7) is 8.36. The molecule has 0 aliphatic carbocycles. The average molecular weight is 457 g/mol. The Morgan fingerprint density at radius 2 is 2.00 bits per heavy atom. The second-order valence-corrected chi connectivity index (χ2v) is 9.13. The number of thiocarbonyl (C=S) groups is 1. The Bertz CT molecular complexity index is 806. The van der Waals surface area contributed by atoms with Gasteiger partial charge in [-0.25, -0.2) is 0 Å². The van der Waals surface area contributed by atoms with Crippen molar-refractivity contribution in [2.24, 2.45) is 5.92 Å². The van der Waals surface area contributed by atoms with Crippen LogP contribution in [0.25, 0.3) is 0 Å². The number of carbonyl (C=O) groups is 1. The normalized spacial score (nSPS) is 21.3. The Morgan fingerprint density at radius 3 is 2.58 bits per heavy atom. The SMILES string of the molecule is CCCNC(=S)N1CCC2(CC1)NC(C(C)C)C(=O)N2Cc1cccc(C(F)(F)F)c1. The number of likely N-dealkylation sites (tertiary alicyclic amines) is 1. The molecular formula is C22H31F3N4OS. The average Bonchev–Trinajstić information content (AvgIpc) is 2.98. The summed E-state index contributed by atoms with van der Waals surface area (Å²) < 4.78 is 39.5. The molecule has 2 N–H and O–H groups in total. The van der Waals surface area contributed by atoms with E-state index in [2.05, 4.69) is 22.5 Å². The van der Waals surface area contributed by atoms with Crippen LogP contribution in [0.4, 0.5) is 13.2 Å². The van der Waals surface area contributed by atoms with E-state index in [1.54, 1.807) is 11.0 Å². The number of carbonyl (C=O) groups excluding carboxylic acids is 1. The third-order valence-electron chi connectivity index (χ3n) is 6.14. The Balaban J connectivity index is 1.80. The number of alkyl halides is 3. The minimum absolute atomic E-state index is 0.0486. The molecule has 2 heterocycles. The second-order valence-electron chi connectivity index (χ2n) is 8.74. The summed E-state index contributed by atoms with van der Waals surface area (Å²) in [6.07, 6.45) is -2.10. The summed E-state index contributed by atoms with van der Waals surface area (Å²) in [5, 5.41) is 7.49. The number of hydrogen-bond acceptors (Lipinski definition) is 3. The van der Waals surface area contributed by atoms with Gasteiger partial charge in [0.05, 0.1) is 17.3 Å². The lowest BCUT2D eigenvalue weighted by Crippen LogP contribution is -2.60. The van der Waals surface area contributed by atoms with Gasteiger partial charge in [0.1, 0.15) is 0 Å². The number of nitrogens with one attached hydrogen (secondary N) is 2. The van der Waals surface area contributed by atoms with Crippen LogP contribution in [0, 0.1) is 5.92 Å². The third kappa shape index (κ3) is 5.14. The molecule has 1 atom stereocenters. The molecule has 2 fully saturated rings. The predicted octanol–water partition coefficient (Wildman–Crippen LogP) is 3.74. The van der Waals surface area contributed by atoms with E-state index in [0.717, 1.165) is 25.1 Å². The molecule has 2 aliphatic heterocycles. The number of halogens is 3. The monoisotopic (exact) mass is 456 g/mol. The molecule has 2 saturated heterocycles. The molecule has 0 radical (unpaired) electrons. The van der Waals surface area contributed by atoms with Gasteiger partial charge < -0.3 is 15.1 Å². The quantitative estimate of drug-likeness (QED) is 0.661. The van der Waals surface area contributed by atoms with Crippen LogP contribution in [0.2, 0.25) is 0 Å². The highest BCUT2D eigenvalue weighted by molar-refractivity contribution is 7.80. The first kappa shape index (κ1) is 23.8. The minimum Gasteiger partial charge on any atom is -0.363 e. The zero-order chi connectivity index (χ0) is 22.8. The Hall–Kier alpha value is -1.87. The van der Waals surface area contributed by atoms with Crippen LogP contribution in [-0.4, -0.2) is 52.2 Å². The molecule has 0 aromatic heterocycles. The molecule has 9 heteroatoms. The number of rotatable bonds is 5. The van der Waals surface area contributed by atoms with Gasteiger partial charge in [-0.05, 0) is 42.3 Å². The molecule has 31 heavy (non-hydrogen) atoms. The van der Waals surface area contributed by atoms with Crippen LogP contribution in [0.15, 0.2) is 24.3 Å². The minimum atomic E-state index is -4.41. The first-order valence-corrected chi connectivity index (χ1v) is 11.3. The first-order valence-electron chi connectivity index (χ1n) is 10.9. The topological polar surface area (TPSA) is 47.6 Å². The fraction of sp³-hybridized carbons (Fsp3) is 0.636. The smallest absolute Gasteiger partial charge is 0.363 e. The second kappa shape index (κ2) is 9.32. The van der Waals surface area contributed by atoms with E-state index in [1.165, 1.54) is 6.07 Å². The van der Waals surface area contributed by atoms with Crippen molar-refractivity contribution in [3.8, 4) is 0 Å². The molecule has 2 aliphatic rings. The molecule has 0 bridgehead atoms. The van der Waals surface area contributed by atoms with Crippen molar-refractivity contribution in [3.63, 3.8) is 0 Å². The fourth-order valence-electron chi connectivity index (χ4n) is 4.36. The summed E-state index contributed by atoms with van der Waals surface area (Å²) in [5.74, 6) is 0.0359. The summed E-state index contributed by atoms with van der Waals surface area (Å²) in [7, 11) is 0. The van der Waals surface area contributed by atoms with E-state index in [1.807, 2.05) is 13.8 Å². The van der Waals surface area contributed by atoms with E-state index in [4.69, 9.17) is 12.2 Å². The van der Waals surface area contributed by atoms with Crippen LogP contribution in [0.3, 0.4) is 0 Å². The Labute approximate surface area is 187 Å². The zero-order valence-corrected chi connectivity index (χ0v) is 19.1. The van der Waals surface area contributed by atoms with E-state index in [0.29, 0.717) is 36.6 Å². The molecule has 1 unspecified atom stereocenters. The first-order chi connectivity index (χ1) is 14.6. The Kier molecular flexibility index (Phi) is 7.15. The molecule has 1 aromatic carbocycles. The zero-order valence-electron chi connectivity index (χ0n) is 18.3. The van der Waals surface area contributed by atoms with Crippen LogP contribution >= 0.6 is 12.2 Å². The summed E-state index contributed by atoms with van der Waals surface area (Å²) in [5.41, 5.74) is -0.783. The standard InChI is InChI=1S/C22H31F3N4OS/c1-4-10-26-20(31)28-11-8-21(9-12-28)27-18(15(2)3)19(30)29(21)14-16-6-5-7-17(13-16)22(23,24)25/h5-7,13,15,18,27H,4,8-12,14H2,1-3H3,(H,26,31). The lowest BCUT2D eigenvalue weighted by atomic mass is 9.95. The number of benzene rings is 1. The van der Waals surface area contributed by atoms with Gasteiger partial charge in [0.25, 0.3) is 0 Å². The van der Waals surface area contributed by atoms with Gasteiger partial charge >= 0.3 is 6.18 Å². The third-order valence-corrected chi connectivity index (χ3v) is 6.54. The van der Waals surface area contributed by atoms with Gasteiger partial charge in [-0.3, -0.25) is 10.1 Å². The summed E-state index contributed by atoms with van der Waals surface area (Å²) in [6, 6.07) is 4.91. The van der Waals surface area contributed by atoms with Crippen molar-refractivity contribution < 1.29 is 18.0 Å². The van der Waals surface area contributed by atoms with Gasteiger partial charge in [0, 0.05) is 39.0 Å². The highest BCUT2D eigenvalue weighted by Crippen LogP contribution is 2.36. The maximum Gasteiger partial charge on any atom is 0.416 e. The van der Waals surface area contributed by atoms with Crippen molar-refractivity contribution in [2.45, 2.75) is 64.5 Å². The van der Waals surface area contributed by atoms with E-state index < -0.39 is 17.4 Å². The van der Waals surface area contributed by atoms with Gasteiger partial charge in [-0.1, -0.05) is 32.9 Å². The number of amides is 1. The fourth-order valence-corrected chi connectivity index (χ4v) is 4.64. The highest BCUT2D eigenvalue weighted by Gasteiger charge is 2.52. The highest BCUT2D eigenvalue weighted by atomic mass is 32.1. The Morgan fingerprint density at radius 1 is 1.32 bits per heavy atom. The molecular weight excluding hydrogens is 425 g/mol. The lowest BCUT2D eigenvalue weighted by molar-refractivity contribution is -0.137. The number of hydrogen-bond donors (Lipinski definition) is 2. The lowest BCUT2D eigenvalue weighted by Gasteiger charge is -2.45. The predicted molar refractivity (Wildman–Crippen MR) is 118 cm³/mol. The van der Waals surface area contributed by atoms with Crippen molar-refractivity contribution in [1.82, 2.24) is 20.4 Å². The summed E-state index contributed by atoms with van der Waals surface area (Å²) in [4.78, 5) is 17.1. The molecule has 0 saturated carbocycles. The van der Waals surface area contributed by atoms with E-state index >= 15 is 0 Å². The van der Waals surface area contributed by atoms with E-state index in [-0.39, 0.29) is 24.4 Å². The van der Waals surface area contributed by atoms with Crippen molar-refractivity contribution >= 4 is 23.2 Å². The van der Waals surface area contributed by atoms with Crippen LogP contribution in [0.1, 0.15) is 51.2 Å². The van der Waals surface area contributed by atoms with Gasteiger partial charge in [0.2, 0.25) is 5.91 Å². The van der Waals surface area contributed by atoms with Crippen molar-refractivity contribution in [3.05, 3.63) is 35.4 Å². The molecule has 5 nitrogen and oxygen atoms in total. The van der Waals surface area contributed by atoms with Crippen LogP contribution < -0.4 is 10.6 Å². The molecule has 1 spiro atoms.